The molecule has 7 nitrogen and oxygen atoms in total. The number of piperazine rings is 1. The van der Waals surface area contributed by atoms with Crippen molar-refractivity contribution in [1.82, 2.24) is 9.21 Å². The van der Waals surface area contributed by atoms with Crippen LogP contribution < -0.4 is 0 Å². The Morgan fingerprint density at radius 3 is 2.50 bits per heavy atom. The zero-order chi connectivity index (χ0) is 16.5. The van der Waals surface area contributed by atoms with E-state index in [2.05, 4.69) is 0 Å². The molecule has 2 amide bonds. The molecule has 1 aliphatic heterocycles. The van der Waals surface area contributed by atoms with Crippen molar-refractivity contribution in [2.75, 3.05) is 19.6 Å². The topological polar surface area (TPSA) is 84.0 Å². The summed E-state index contributed by atoms with van der Waals surface area (Å²) >= 11 is 1.09. The molecule has 0 saturated carbocycles. The summed E-state index contributed by atoms with van der Waals surface area (Å²) in [6.45, 7) is 4.79. The maximum Gasteiger partial charge on any atom is 0.417 e. The van der Waals surface area contributed by atoms with Crippen molar-refractivity contribution in [3.05, 3.63) is 17.5 Å². The first kappa shape index (κ1) is 16.9. The lowest BCUT2D eigenvalue weighted by Crippen LogP contribution is -2.54. The highest BCUT2D eigenvalue weighted by atomic mass is 32.2. The van der Waals surface area contributed by atoms with Gasteiger partial charge in [0, 0.05) is 13.1 Å². The summed E-state index contributed by atoms with van der Waals surface area (Å²) in [5.41, 5.74) is -0.711. The molecule has 2 heterocycles. The van der Waals surface area contributed by atoms with Crippen LogP contribution in [0, 0.1) is 0 Å². The Morgan fingerprint density at radius 1 is 1.32 bits per heavy atom. The van der Waals surface area contributed by atoms with Gasteiger partial charge in [-0.1, -0.05) is 6.07 Å². The van der Waals surface area contributed by atoms with E-state index in [1.807, 2.05) is 0 Å². The summed E-state index contributed by atoms with van der Waals surface area (Å²) in [5.74, 6) is -0.583. The molecule has 0 spiro atoms. The lowest BCUT2D eigenvalue weighted by molar-refractivity contribution is -0.133. The van der Waals surface area contributed by atoms with Crippen LogP contribution in [0.1, 0.15) is 20.8 Å². The second-order valence-electron chi connectivity index (χ2n) is 5.80. The van der Waals surface area contributed by atoms with Gasteiger partial charge in [0.2, 0.25) is 5.91 Å². The molecule has 0 unspecified atom stereocenters. The Hall–Kier alpha value is -1.45. The van der Waals surface area contributed by atoms with Gasteiger partial charge in [-0.05, 0) is 32.2 Å². The minimum atomic E-state index is -3.68. The van der Waals surface area contributed by atoms with Gasteiger partial charge in [0.05, 0.1) is 6.54 Å². The van der Waals surface area contributed by atoms with E-state index < -0.39 is 27.6 Å². The van der Waals surface area contributed by atoms with Gasteiger partial charge in [0.1, 0.15) is 9.81 Å². The van der Waals surface area contributed by atoms with Crippen LogP contribution in [-0.2, 0) is 19.6 Å². The van der Waals surface area contributed by atoms with E-state index in [1.165, 1.54) is 6.07 Å². The highest BCUT2D eigenvalue weighted by Crippen LogP contribution is 2.22. The van der Waals surface area contributed by atoms with E-state index in [1.54, 1.807) is 32.2 Å². The third-order valence-corrected chi connectivity index (χ3v) is 6.11. The molecule has 0 bridgehead atoms. The number of imide groups is 1. The van der Waals surface area contributed by atoms with E-state index in [-0.39, 0.29) is 23.8 Å². The third kappa shape index (κ3) is 3.65. The Kier molecular flexibility index (Phi) is 4.59. The molecule has 122 valence electrons. The summed E-state index contributed by atoms with van der Waals surface area (Å²) in [6.07, 6.45) is -0.745. The summed E-state index contributed by atoms with van der Waals surface area (Å²) < 4.78 is 31.1. The molecule has 1 aromatic heterocycles. The average molecular weight is 346 g/mol. The number of hydrogen-bond acceptors (Lipinski definition) is 6. The molecule has 0 aromatic carbocycles. The molecule has 2 rings (SSSR count). The predicted molar refractivity (Wildman–Crippen MR) is 81.0 cm³/mol. The average Bonchev–Trinajstić information content (AvgIpc) is 2.90. The molecule has 1 aliphatic rings. The van der Waals surface area contributed by atoms with Gasteiger partial charge in [0.15, 0.2) is 0 Å². The molecule has 22 heavy (non-hydrogen) atoms. The van der Waals surface area contributed by atoms with Crippen molar-refractivity contribution in [3.63, 3.8) is 0 Å². The molecular weight excluding hydrogens is 328 g/mol. The summed E-state index contributed by atoms with van der Waals surface area (Å²) in [7, 11) is -3.68. The van der Waals surface area contributed by atoms with Crippen LogP contribution in [0.15, 0.2) is 21.7 Å². The number of nitrogens with zero attached hydrogens (tertiary/aromatic N) is 2. The molecule has 9 heteroatoms. The van der Waals surface area contributed by atoms with Crippen LogP contribution in [0.25, 0.3) is 0 Å². The number of sulfonamides is 1. The predicted octanol–water partition coefficient (Wildman–Crippen LogP) is 1.52. The number of carbonyl (C=O) groups excluding carboxylic acids is 2. The highest BCUT2D eigenvalue weighted by Gasteiger charge is 2.37. The van der Waals surface area contributed by atoms with Gasteiger partial charge in [-0.2, -0.15) is 4.31 Å². The fourth-order valence-corrected chi connectivity index (χ4v) is 4.43. The molecule has 0 N–H and O–H groups in total. The molecule has 0 radical (unpaired) electrons. The highest BCUT2D eigenvalue weighted by molar-refractivity contribution is 7.91. The molecular formula is C13H18N2O5S2. The molecule has 1 saturated heterocycles. The number of carbonyl (C=O) groups is 2. The summed E-state index contributed by atoms with van der Waals surface area (Å²) in [5, 5.41) is 1.66. The second kappa shape index (κ2) is 5.98. The number of hydrogen-bond donors (Lipinski definition) is 0. The van der Waals surface area contributed by atoms with Crippen LogP contribution >= 0.6 is 11.3 Å². The zero-order valence-electron chi connectivity index (χ0n) is 12.6. The number of amides is 2. The van der Waals surface area contributed by atoms with Crippen LogP contribution in [0.4, 0.5) is 4.79 Å². The Balaban J connectivity index is 2.08. The Bertz CT molecular complexity index is 661. The van der Waals surface area contributed by atoms with Gasteiger partial charge in [0.25, 0.3) is 10.0 Å². The fourth-order valence-electron chi connectivity index (χ4n) is 1.90. The van der Waals surface area contributed by atoms with Gasteiger partial charge in [-0.15, -0.1) is 11.3 Å². The van der Waals surface area contributed by atoms with E-state index in [4.69, 9.17) is 4.74 Å². The van der Waals surface area contributed by atoms with Gasteiger partial charge < -0.3 is 4.74 Å². The standard InChI is InChI=1S/C13H18N2O5S2/c1-13(2,3)20-12(17)15-7-6-14(9-10(15)16)22(18,19)11-5-4-8-21-11/h4-5,8H,6-7,9H2,1-3H3. The second-order valence-corrected chi connectivity index (χ2v) is 8.91. The molecule has 0 aliphatic carbocycles. The van der Waals surface area contributed by atoms with Gasteiger partial charge in [-0.3, -0.25) is 4.79 Å². The van der Waals surface area contributed by atoms with E-state index in [0.29, 0.717) is 0 Å². The number of thiophene rings is 1. The Labute approximate surface area is 133 Å². The van der Waals surface area contributed by atoms with Gasteiger partial charge in [-0.25, -0.2) is 18.1 Å². The quantitative estimate of drug-likeness (QED) is 0.810. The van der Waals surface area contributed by atoms with Crippen molar-refractivity contribution in [2.24, 2.45) is 0 Å². The minimum absolute atomic E-state index is 0.0155. The first-order valence-electron chi connectivity index (χ1n) is 6.68. The lowest BCUT2D eigenvalue weighted by atomic mass is 10.2. The van der Waals surface area contributed by atoms with Crippen LogP contribution in [0.5, 0.6) is 0 Å². The largest absolute Gasteiger partial charge is 0.443 e. The minimum Gasteiger partial charge on any atom is -0.443 e. The van der Waals surface area contributed by atoms with Crippen molar-refractivity contribution < 1.29 is 22.7 Å². The fraction of sp³-hybridized carbons (Fsp3) is 0.538. The first-order chi connectivity index (χ1) is 10.1. The zero-order valence-corrected chi connectivity index (χ0v) is 14.2. The molecule has 1 aromatic rings. The summed E-state index contributed by atoms with van der Waals surface area (Å²) in [4.78, 5) is 24.9. The normalized spacial score (nSPS) is 17.6. The van der Waals surface area contributed by atoms with Crippen LogP contribution in [0.3, 0.4) is 0 Å². The monoisotopic (exact) mass is 346 g/mol. The first-order valence-corrected chi connectivity index (χ1v) is 9.00. The third-order valence-electron chi connectivity index (χ3n) is 2.89. The van der Waals surface area contributed by atoms with Crippen LogP contribution in [-0.4, -0.2) is 54.9 Å². The van der Waals surface area contributed by atoms with Crippen molar-refractivity contribution >= 4 is 33.4 Å². The van der Waals surface area contributed by atoms with Crippen molar-refractivity contribution in [1.29, 1.82) is 0 Å². The van der Waals surface area contributed by atoms with Crippen LogP contribution in [0.2, 0.25) is 0 Å². The Morgan fingerprint density at radius 2 is 2.00 bits per heavy atom. The molecule has 0 atom stereocenters. The maximum absolute atomic E-state index is 12.3. The van der Waals surface area contributed by atoms with E-state index >= 15 is 0 Å². The SMILES string of the molecule is CC(C)(C)OC(=O)N1CCN(S(=O)(=O)c2cccs2)CC1=O. The van der Waals surface area contributed by atoms with Gasteiger partial charge >= 0.3 is 6.09 Å². The number of ether oxygens (including phenoxy) is 1. The summed E-state index contributed by atoms with van der Waals surface area (Å²) in [6, 6.07) is 3.13. The maximum atomic E-state index is 12.3. The van der Waals surface area contributed by atoms with E-state index in [0.717, 1.165) is 20.5 Å². The smallest absolute Gasteiger partial charge is 0.417 e. The number of rotatable bonds is 2. The van der Waals surface area contributed by atoms with E-state index in [9.17, 15) is 18.0 Å². The lowest BCUT2D eigenvalue weighted by Gasteiger charge is -2.33. The molecule has 1 fully saturated rings. The van der Waals surface area contributed by atoms with Crippen molar-refractivity contribution in [2.45, 2.75) is 30.6 Å². The van der Waals surface area contributed by atoms with Crippen molar-refractivity contribution in [3.8, 4) is 0 Å².